The zero-order chi connectivity index (χ0) is 14.2. The second-order valence-electron chi connectivity index (χ2n) is 5.31. The second-order valence-corrected chi connectivity index (χ2v) is 5.31. The van der Waals surface area contributed by atoms with Gasteiger partial charge in [0.1, 0.15) is 0 Å². The highest BCUT2D eigenvalue weighted by atomic mass is 16.3. The Balaban J connectivity index is 1.86. The summed E-state index contributed by atoms with van der Waals surface area (Å²) in [7, 11) is 0. The number of benzene rings is 2. The Morgan fingerprint density at radius 2 is 1.60 bits per heavy atom. The lowest BCUT2D eigenvalue weighted by Gasteiger charge is -2.11. The van der Waals surface area contributed by atoms with Gasteiger partial charge in [-0.2, -0.15) is 0 Å². The average Bonchev–Trinajstić information content (AvgIpc) is 2.49. The van der Waals surface area contributed by atoms with Crippen molar-refractivity contribution in [3.63, 3.8) is 0 Å². The summed E-state index contributed by atoms with van der Waals surface area (Å²) < 4.78 is 0. The number of hydrogen-bond acceptors (Lipinski definition) is 2. The Hall–Kier alpha value is -1.64. The normalized spacial score (nSPS) is 12.3. The Bertz CT molecular complexity index is 493. The van der Waals surface area contributed by atoms with E-state index < -0.39 is 0 Å². The zero-order valence-electron chi connectivity index (χ0n) is 12.0. The highest BCUT2D eigenvalue weighted by Gasteiger charge is 2.01. The topological polar surface area (TPSA) is 32.3 Å². The largest absolute Gasteiger partial charge is 0.396 e. The molecule has 0 aromatic heterocycles. The van der Waals surface area contributed by atoms with Gasteiger partial charge in [-0.05, 0) is 35.6 Å². The molecule has 0 heterocycles. The quantitative estimate of drug-likeness (QED) is 0.807. The number of aliphatic hydroxyl groups excluding tert-OH is 1. The molecular formula is C18H23NO. The van der Waals surface area contributed by atoms with E-state index in [9.17, 15) is 0 Å². The van der Waals surface area contributed by atoms with Crippen LogP contribution in [0.1, 0.15) is 18.9 Å². The Kier molecular flexibility index (Phi) is 5.78. The molecule has 0 fully saturated rings. The third-order valence-corrected chi connectivity index (χ3v) is 3.50. The molecule has 1 unspecified atom stereocenters. The molecule has 0 bridgehead atoms. The van der Waals surface area contributed by atoms with Crippen molar-refractivity contribution in [1.82, 2.24) is 5.32 Å². The van der Waals surface area contributed by atoms with Gasteiger partial charge in [0.15, 0.2) is 0 Å². The SMILES string of the molecule is CC(CCO)CNCc1ccc(-c2ccccc2)cc1. The summed E-state index contributed by atoms with van der Waals surface area (Å²) in [4.78, 5) is 0. The average molecular weight is 269 g/mol. The maximum Gasteiger partial charge on any atom is 0.0434 e. The van der Waals surface area contributed by atoms with Crippen molar-refractivity contribution in [2.75, 3.05) is 13.2 Å². The van der Waals surface area contributed by atoms with Gasteiger partial charge in [0.05, 0.1) is 0 Å². The molecule has 106 valence electrons. The number of rotatable bonds is 7. The molecule has 2 aromatic rings. The highest BCUT2D eigenvalue weighted by molar-refractivity contribution is 5.63. The van der Waals surface area contributed by atoms with Crippen LogP contribution in [0.4, 0.5) is 0 Å². The van der Waals surface area contributed by atoms with Gasteiger partial charge in [0.2, 0.25) is 0 Å². The van der Waals surface area contributed by atoms with E-state index in [-0.39, 0.29) is 6.61 Å². The van der Waals surface area contributed by atoms with Gasteiger partial charge >= 0.3 is 0 Å². The molecule has 2 aromatic carbocycles. The summed E-state index contributed by atoms with van der Waals surface area (Å²) in [6, 6.07) is 19.1. The lowest BCUT2D eigenvalue weighted by Crippen LogP contribution is -2.21. The van der Waals surface area contributed by atoms with Crippen LogP contribution in [0.3, 0.4) is 0 Å². The van der Waals surface area contributed by atoms with Gasteiger partial charge in [-0.15, -0.1) is 0 Å². The lowest BCUT2D eigenvalue weighted by atomic mass is 10.0. The minimum atomic E-state index is 0.272. The van der Waals surface area contributed by atoms with Crippen LogP contribution in [0.2, 0.25) is 0 Å². The van der Waals surface area contributed by atoms with Crippen LogP contribution < -0.4 is 5.32 Å². The molecule has 0 spiro atoms. The molecular weight excluding hydrogens is 246 g/mol. The molecule has 0 amide bonds. The lowest BCUT2D eigenvalue weighted by molar-refractivity contribution is 0.260. The third-order valence-electron chi connectivity index (χ3n) is 3.50. The van der Waals surface area contributed by atoms with Gasteiger partial charge in [-0.3, -0.25) is 0 Å². The first-order valence-electron chi connectivity index (χ1n) is 7.25. The predicted molar refractivity (Wildman–Crippen MR) is 84.5 cm³/mol. The van der Waals surface area contributed by atoms with Crippen LogP contribution in [0, 0.1) is 5.92 Å². The minimum absolute atomic E-state index is 0.272. The Morgan fingerprint density at radius 3 is 2.25 bits per heavy atom. The molecule has 0 aliphatic heterocycles. The molecule has 20 heavy (non-hydrogen) atoms. The summed E-state index contributed by atoms with van der Waals surface area (Å²) >= 11 is 0. The molecule has 2 nitrogen and oxygen atoms in total. The van der Waals surface area contributed by atoms with E-state index in [1.54, 1.807) is 0 Å². The molecule has 1 atom stereocenters. The van der Waals surface area contributed by atoms with E-state index in [1.807, 2.05) is 6.07 Å². The van der Waals surface area contributed by atoms with Crippen LogP contribution in [-0.4, -0.2) is 18.3 Å². The standard InChI is InChI=1S/C18H23NO/c1-15(11-12-20)13-19-14-16-7-9-18(10-8-16)17-5-3-2-4-6-17/h2-10,15,19-20H,11-14H2,1H3. The fraction of sp³-hybridized carbons (Fsp3) is 0.333. The number of nitrogens with one attached hydrogen (secondary N) is 1. The van der Waals surface area contributed by atoms with Gasteiger partial charge < -0.3 is 10.4 Å². The minimum Gasteiger partial charge on any atom is -0.396 e. The van der Waals surface area contributed by atoms with E-state index >= 15 is 0 Å². The van der Waals surface area contributed by atoms with Gasteiger partial charge in [-0.1, -0.05) is 61.5 Å². The zero-order valence-corrected chi connectivity index (χ0v) is 12.0. The van der Waals surface area contributed by atoms with Crippen molar-refractivity contribution in [2.24, 2.45) is 5.92 Å². The van der Waals surface area contributed by atoms with Crippen molar-refractivity contribution in [3.05, 3.63) is 60.2 Å². The molecule has 2 heteroatoms. The van der Waals surface area contributed by atoms with Crippen molar-refractivity contribution < 1.29 is 5.11 Å². The van der Waals surface area contributed by atoms with Crippen molar-refractivity contribution in [3.8, 4) is 11.1 Å². The van der Waals surface area contributed by atoms with Crippen molar-refractivity contribution >= 4 is 0 Å². The van der Waals surface area contributed by atoms with E-state index in [4.69, 9.17) is 5.11 Å². The van der Waals surface area contributed by atoms with E-state index in [2.05, 4.69) is 60.8 Å². The predicted octanol–water partition coefficient (Wildman–Crippen LogP) is 3.46. The Morgan fingerprint density at radius 1 is 0.950 bits per heavy atom. The summed E-state index contributed by atoms with van der Waals surface area (Å²) in [6.07, 6.45) is 0.861. The van der Waals surface area contributed by atoms with Gasteiger partial charge in [0.25, 0.3) is 0 Å². The maximum atomic E-state index is 8.86. The first-order valence-corrected chi connectivity index (χ1v) is 7.25. The van der Waals surface area contributed by atoms with Crippen LogP contribution in [0.25, 0.3) is 11.1 Å². The van der Waals surface area contributed by atoms with E-state index in [1.165, 1.54) is 16.7 Å². The number of aliphatic hydroxyl groups is 1. The molecule has 0 aliphatic rings. The summed E-state index contributed by atoms with van der Waals surface area (Å²) in [5.74, 6) is 0.517. The fourth-order valence-electron chi connectivity index (χ4n) is 2.23. The molecule has 2 rings (SSSR count). The molecule has 0 radical (unpaired) electrons. The summed E-state index contributed by atoms with van der Waals surface area (Å²) in [5.41, 5.74) is 3.80. The fourth-order valence-corrected chi connectivity index (χ4v) is 2.23. The van der Waals surface area contributed by atoms with Crippen LogP contribution in [0.5, 0.6) is 0 Å². The molecule has 0 saturated carbocycles. The molecule has 0 aliphatic carbocycles. The number of hydrogen-bond donors (Lipinski definition) is 2. The third kappa shape index (κ3) is 4.48. The second kappa shape index (κ2) is 7.83. The van der Waals surface area contributed by atoms with Gasteiger partial charge in [0, 0.05) is 13.2 Å². The smallest absolute Gasteiger partial charge is 0.0434 e. The Labute approximate surface area is 121 Å². The highest BCUT2D eigenvalue weighted by Crippen LogP contribution is 2.19. The first-order chi connectivity index (χ1) is 9.79. The van der Waals surface area contributed by atoms with Gasteiger partial charge in [-0.25, -0.2) is 0 Å². The molecule has 0 saturated heterocycles. The summed E-state index contributed by atoms with van der Waals surface area (Å²) in [5, 5.41) is 12.3. The van der Waals surface area contributed by atoms with E-state index in [0.717, 1.165) is 19.5 Å². The van der Waals surface area contributed by atoms with Crippen LogP contribution in [0.15, 0.2) is 54.6 Å². The monoisotopic (exact) mass is 269 g/mol. The van der Waals surface area contributed by atoms with Crippen LogP contribution in [-0.2, 0) is 6.54 Å². The molecule has 2 N–H and O–H groups in total. The first kappa shape index (κ1) is 14.8. The summed E-state index contributed by atoms with van der Waals surface area (Å²) in [6.45, 7) is 4.25. The maximum absolute atomic E-state index is 8.86. The van der Waals surface area contributed by atoms with Crippen molar-refractivity contribution in [2.45, 2.75) is 19.9 Å². The van der Waals surface area contributed by atoms with E-state index in [0.29, 0.717) is 5.92 Å². The van der Waals surface area contributed by atoms with Crippen LogP contribution >= 0.6 is 0 Å². The van der Waals surface area contributed by atoms with Crippen molar-refractivity contribution in [1.29, 1.82) is 0 Å².